The molecule has 1 amide bonds. The number of carbonyl (C=O) groups excluding carboxylic acids is 1. The molecule has 2 heterocycles. The van der Waals surface area contributed by atoms with Crippen LogP contribution in [0.15, 0.2) is 18.2 Å². The number of fused-ring (bicyclic) bond motifs is 1. The van der Waals surface area contributed by atoms with E-state index in [1.165, 1.54) is 17.0 Å². The van der Waals surface area contributed by atoms with Crippen molar-refractivity contribution in [3.05, 3.63) is 45.7 Å². The number of rotatable bonds is 3. The summed E-state index contributed by atoms with van der Waals surface area (Å²) in [7, 11) is 2.06. The van der Waals surface area contributed by atoms with Crippen molar-refractivity contribution in [2.24, 2.45) is 7.05 Å². The largest absolute Gasteiger partial charge is 0.380 e. The van der Waals surface area contributed by atoms with Crippen LogP contribution >= 0.6 is 11.6 Å². The minimum atomic E-state index is 0.0211. The van der Waals surface area contributed by atoms with E-state index in [1.54, 1.807) is 0 Å². The lowest BCUT2D eigenvalue weighted by molar-refractivity contribution is -0.115. The quantitative estimate of drug-likeness (QED) is 0.913. The number of halogens is 1. The molecular weight excluding hydrogens is 286 g/mol. The van der Waals surface area contributed by atoms with Crippen LogP contribution in [0.25, 0.3) is 0 Å². The number of nitrogens with zero attached hydrogens (tertiary/aromatic N) is 1. The van der Waals surface area contributed by atoms with Crippen LogP contribution in [0.5, 0.6) is 0 Å². The number of aromatic nitrogens is 1. The Kier molecular flexibility index (Phi) is 3.41. The maximum Gasteiger partial charge on any atom is 0.228 e. The van der Waals surface area contributed by atoms with Crippen LogP contribution in [0.1, 0.15) is 22.5 Å². The fourth-order valence-corrected chi connectivity index (χ4v) is 2.92. The Hall–Kier alpha value is -1.94. The second-order valence-corrected chi connectivity index (χ2v) is 5.93. The zero-order valence-corrected chi connectivity index (χ0v) is 13.1. The van der Waals surface area contributed by atoms with Crippen molar-refractivity contribution in [2.75, 3.05) is 10.6 Å². The molecule has 1 aromatic heterocycles. The minimum absolute atomic E-state index is 0.0211. The fraction of sp³-hybridized carbons (Fsp3) is 0.312. The molecule has 21 heavy (non-hydrogen) atoms. The van der Waals surface area contributed by atoms with Gasteiger partial charge in [0, 0.05) is 30.7 Å². The molecule has 0 bridgehead atoms. The summed E-state index contributed by atoms with van der Waals surface area (Å²) in [4.78, 5) is 11.4. The van der Waals surface area contributed by atoms with Crippen LogP contribution in [0.2, 0.25) is 5.02 Å². The van der Waals surface area contributed by atoms with E-state index in [0.29, 0.717) is 18.0 Å². The first-order valence-corrected chi connectivity index (χ1v) is 7.31. The van der Waals surface area contributed by atoms with Gasteiger partial charge in [-0.1, -0.05) is 11.6 Å². The van der Waals surface area contributed by atoms with E-state index >= 15 is 0 Å². The van der Waals surface area contributed by atoms with Gasteiger partial charge in [0.15, 0.2) is 0 Å². The third kappa shape index (κ3) is 2.51. The summed E-state index contributed by atoms with van der Waals surface area (Å²) in [5, 5.41) is 6.80. The molecule has 0 atom stereocenters. The highest BCUT2D eigenvalue weighted by atomic mass is 35.5. The third-order valence-corrected chi connectivity index (χ3v) is 4.48. The fourth-order valence-electron chi connectivity index (χ4n) is 2.69. The molecule has 1 aromatic carbocycles. The first-order chi connectivity index (χ1) is 9.95. The molecule has 0 saturated carbocycles. The van der Waals surface area contributed by atoms with Gasteiger partial charge in [-0.15, -0.1) is 0 Å². The highest BCUT2D eigenvalue weighted by Gasteiger charge is 2.19. The molecule has 0 radical (unpaired) electrons. The molecule has 5 heteroatoms. The van der Waals surface area contributed by atoms with Gasteiger partial charge in [-0.05, 0) is 43.2 Å². The van der Waals surface area contributed by atoms with Gasteiger partial charge in [0.25, 0.3) is 0 Å². The number of nitrogens with one attached hydrogen (secondary N) is 2. The van der Waals surface area contributed by atoms with Gasteiger partial charge < -0.3 is 15.2 Å². The normalized spacial score (nSPS) is 13.2. The van der Waals surface area contributed by atoms with Crippen molar-refractivity contribution >= 4 is 28.9 Å². The van der Waals surface area contributed by atoms with E-state index in [9.17, 15) is 4.79 Å². The zero-order valence-electron chi connectivity index (χ0n) is 12.4. The van der Waals surface area contributed by atoms with Crippen LogP contribution in [0.3, 0.4) is 0 Å². The summed E-state index contributed by atoms with van der Waals surface area (Å²) in [5.74, 6) is 0.0211. The lowest BCUT2D eigenvalue weighted by Gasteiger charge is -2.11. The lowest BCUT2D eigenvalue weighted by atomic mass is 10.1. The maximum atomic E-state index is 11.4. The Balaban J connectivity index is 1.81. The number of carbonyl (C=O) groups is 1. The molecule has 1 aliphatic rings. The van der Waals surface area contributed by atoms with E-state index in [1.807, 2.05) is 12.1 Å². The Morgan fingerprint density at radius 1 is 1.33 bits per heavy atom. The van der Waals surface area contributed by atoms with Gasteiger partial charge in [-0.3, -0.25) is 4.79 Å². The number of aryl methyl sites for hydroxylation is 1. The smallest absolute Gasteiger partial charge is 0.228 e. The van der Waals surface area contributed by atoms with Gasteiger partial charge in [-0.2, -0.15) is 0 Å². The Labute approximate surface area is 129 Å². The molecule has 4 nitrogen and oxygen atoms in total. The molecule has 0 saturated heterocycles. The van der Waals surface area contributed by atoms with Gasteiger partial charge >= 0.3 is 0 Å². The molecule has 0 aliphatic carbocycles. The summed E-state index contributed by atoms with van der Waals surface area (Å²) >= 11 is 6.28. The number of hydrogen-bond acceptors (Lipinski definition) is 2. The second kappa shape index (κ2) is 5.11. The van der Waals surface area contributed by atoms with Gasteiger partial charge in [0.2, 0.25) is 5.91 Å². The topological polar surface area (TPSA) is 46.1 Å². The third-order valence-electron chi connectivity index (χ3n) is 4.17. The number of benzene rings is 1. The summed E-state index contributed by atoms with van der Waals surface area (Å²) < 4.78 is 2.17. The highest BCUT2D eigenvalue weighted by molar-refractivity contribution is 6.33. The zero-order chi connectivity index (χ0) is 15.1. The molecule has 2 aromatic rings. The monoisotopic (exact) mass is 303 g/mol. The van der Waals surface area contributed by atoms with E-state index in [0.717, 1.165) is 16.9 Å². The summed E-state index contributed by atoms with van der Waals surface area (Å²) in [6, 6.07) is 5.95. The standard InChI is InChI=1S/C16H18ClN3O/c1-9-4-12(10(2)20(9)3)8-18-15-5-11-6-16(21)19-14(11)7-13(15)17/h4-5,7,18H,6,8H2,1-3H3,(H,19,21). The summed E-state index contributed by atoms with van der Waals surface area (Å²) in [5.41, 5.74) is 6.41. The van der Waals surface area contributed by atoms with Crippen LogP contribution < -0.4 is 10.6 Å². The minimum Gasteiger partial charge on any atom is -0.380 e. The van der Waals surface area contributed by atoms with Crippen molar-refractivity contribution in [1.82, 2.24) is 4.57 Å². The maximum absolute atomic E-state index is 11.4. The van der Waals surface area contributed by atoms with Crippen LogP contribution in [0, 0.1) is 13.8 Å². The number of anilines is 2. The Bertz CT molecular complexity index is 734. The Morgan fingerprint density at radius 2 is 2.10 bits per heavy atom. The van der Waals surface area contributed by atoms with Crippen molar-refractivity contribution in [1.29, 1.82) is 0 Å². The first kappa shape index (κ1) is 14.0. The van der Waals surface area contributed by atoms with Crippen molar-refractivity contribution in [3.8, 4) is 0 Å². The van der Waals surface area contributed by atoms with Crippen LogP contribution in [-0.4, -0.2) is 10.5 Å². The Morgan fingerprint density at radius 3 is 2.76 bits per heavy atom. The molecule has 1 aliphatic heterocycles. The molecule has 0 unspecified atom stereocenters. The van der Waals surface area contributed by atoms with Gasteiger partial charge in [0.05, 0.1) is 17.1 Å². The van der Waals surface area contributed by atoms with E-state index in [2.05, 4.69) is 42.2 Å². The predicted octanol–water partition coefficient (Wildman–Crippen LogP) is 3.40. The van der Waals surface area contributed by atoms with Gasteiger partial charge in [0.1, 0.15) is 0 Å². The lowest BCUT2D eigenvalue weighted by Crippen LogP contribution is -2.03. The average Bonchev–Trinajstić information content (AvgIpc) is 2.90. The molecule has 2 N–H and O–H groups in total. The van der Waals surface area contributed by atoms with Crippen LogP contribution in [-0.2, 0) is 24.8 Å². The predicted molar refractivity (Wildman–Crippen MR) is 86.0 cm³/mol. The van der Waals surface area contributed by atoms with E-state index < -0.39 is 0 Å². The van der Waals surface area contributed by atoms with E-state index in [4.69, 9.17) is 11.6 Å². The summed E-state index contributed by atoms with van der Waals surface area (Å²) in [6.07, 6.45) is 0.421. The first-order valence-electron chi connectivity index (χ1n) is 6.93. The molecular formula is C16H18ClN3O. The van der Waals surface area contributed by atoms with Crippen molar-refractivity contribution in [3.63, 3.8) is 0 Å². The van der Waals surface area contributed by atoms with Gasteiger partial charge in [-0.25, -0.2) is 0 Å². The molecule has 3 rings (SSSR count). The highest BCUT2D eigenvalue weighted by Crippen LogP contribution is 2.33. The molecule has 0 spiro atoms. The second-order valence-electron chi connectivity index (χ2n) is 5.52. The molecule has 0 fully saturated rings. The van der Waals surface area contributed by atoms with Crippen molar-refractivity contribution in [2.45, 2.75) is 26.8 Å². The molecule has 110 valence electrons. The SMILES string of the molecule is Cc1cc(CNc2cc3c(cc2Cl)NC(=O)C3)c(C)n1C. The van der Waals surface area contributed by atoms with Crippen LogP contribution in [0.4, 0.5) is 11.4 Å². The average molecular weight is 304 g/mol. The number of amides is 1. The number of hydrogen-bond donors (Lipinski definition) is 2. The van der Waals surface area contributed by atoms with E-state index in [-0.39, 0.29) is 5.91 Å². The summed E-state index contributed by atoms with van der Waals surface area (Å²) in [6.45, 7) is 4.92. The van der Waals surface area contributed by atoms with Crippen molar-refractivity contribution < 1.29 is 4.79 Å².